The first-order valence-electron chi connectivity index (χ1n) is 11.4. The minimum atomic E-state index is -4.55. The van der Waals surface area contributed by atoms with Crippen LogP contribution in [0.2, 0.25) is 5.02 Å². The number of anilines is 1. The zero-order valence-corrected chi connectivity index (χ0v) is 20.7. The number of halogens is 4. The number of carbonyl (C=O) groups is 2. The van der Waals surface area contributed by atoms with Gasteiger partial charge in [0.25, 0.3) is 5.91 Å². The highest BCUT2D eigenvalue weighted by molar-refractivity contribution is 6.30. The fourth-order valence-electron chi connectivity index (χ4n) is 3.52. The third kappa shape index (κ3) is 6.68. The number of hydrogen-bond acceptors (Lipinski definition) is 4. The van der Waals surface area contributed by atoms with Crippen LogP contribution in [0.25, 0.3) is 23.0 Å². The van der Waals surface area contributed by atoms with Gasteiger partial charge in [-0.1, -0.05) is 48.0 Å². The van der Waals surface area contributed by atoms with Gasteiger partial charge in [-0.15, -0.1) is 0 Å². The standard InChI is InChI=1S/C28H21ClF3N3O3/c1-18(27(37)33-23-10-6-8-21(16-23)28(30,31)32)38-25(36)14-13-20-17-35(24-11-3-2-4-12-24)34-26(20)19-7-5-9-22(29)15-19/h2-18H,1H3,(H,33,37). The predicted octanol–water partition coefficient (Wildman–Crippen LogP) is 6.80. The van der Waals surface area contributed by atoms with Crippen molar-refractivity contribution in [3.63, 3.8) is 0 Å². The van der Waals surface area contributed by atoms with Gasteiger partial charge in [-0.3, -0.25) is 4.79 Å². The minimum Gasteiger partial charge on any atom is -0.449 e. The van der Waals surface area contributed by atoms with E-state index in [-0.39, 0.29) is 5.69 Å². The highest BCUT2D eigenvalue weighted by Gasteiger charge is 2.30. The van der Waals surface area contributed by atoms with Crippen molar-refractivity contribution in [3.05, 3.63) is 107 Å². The molecule has 1 aromatic heterocycles. The Labute approximate surface area is 221 Å². The van der Waals surface area contributed by atoms with Gasteiger partial charge in [-0.25, -0.2) is 9.48 Å². The maximum absolute atomic E-state index is 12.9. The Kier molecular flexibility index (Phi) is 7.97. The maximum Gasteiger partial charge on any atom is 0.416 e. The minimum absolute atomic E-state index is 0.0669. The van der Waals surface area contributed by atoms with Crippen LogP contribution in [-0.4, -0.2) is 27.8 Å². The molecule has 0 aliphatic heterocycles. The highest BCUT2D eigenvalue weighted by Crippen LogP contribution is 2.31. The molecule has 38 heavy (non-hydrogen) atoms. The first kappa shape index (κ1) is 26.7. The molecule has 3 aromatic carbocycles. The van der Waals surface area contributed by atoms with Gasteiger partial charge < -0.3 is 10.1 Å². The summed E-state index contributed by atoms with van der Waals surface area (Å²) in [4.78, 5) is 24.9. The van der Waals surface area contributed by atoms with Crippen LogP contribution in [0.3, 0.4) is 0 Å². The first-order chi connectivity index (χ1) is 18.1. The number of alkyl halides is 3. The molecule has 0 saturated heterocycles. The topological polar surface area (TPSA) is 73.2 Å². The summed E-state index contributed by atoms with van der Waals surface area (Å²) >= 11 is 6.15. The average molecular weight is 540 g/mol. The Morgan fingerprint density at radius 3 is 2.47 bits per heavy atom. The van der Waals surface area contributed by atoms with E-state index in [1.54, 1.807) is 29.1 Å². The van der Waals surface area contributed by atoms with Gasteiger partial charge in [0.15, 0.2) is 6.10 Å². The summed E-state index contributed by atoms with van der Waals surface area (Å²) in [6, 6.07) is 20.6. The number of amides is 1. The highest BCUT2D eigenvalue weighted by atomic mass is 35.5. The maximum atomic E-state index is 12.9. The van der Waals surface area contributed by atoms with Crippen LogP contribution in [-0.2, 0) is 20.5 Å². The number of hydrogen-bond donors (Lipinski definition) is 1. The zero-order valence-electron chi connectivity index (χ0n) is 19.9. The van der Waals surface area contributed by atoms with Crippen LogP contribution in [0.15, 0.2) is 91.1 Å². The lowest BCUT2D eigenvalue weighted by atomic mass is 10.1. The third-order valence-electron chi connectivity index (χ3n) is 5.38. The number of benzene rings is 3. The monoisotopic (exact) mass is 539 g/mol. The van der Waals surface area contributed by atoms with Crippen molar-refractivity contribution in [3.8, 4) is 16.9 Å². The SMILES string of the molecule is CC(OC(=O)C=Cc1cn(-c2ccccc2)nc1-c1cccc(Cl)c1)C(=O)Nc1cccc(C(F)(F)F)c1. The van der Waals surface area contributed by atoms with E-state index in [0.29, 0.717) is 16.3 Å². The Morgan fingerprint density at radius 1 is 1.03 bits per heavy atom. The molecule has 1 N–H and O–H groups in total. The van der Waals surface area contributed by atoms with Crippen molar-refractivity contribution in [2.75, 3.05) is 5.32 Å². The van der Waals surface area contributed by atoms with Crippen molar-refractivity contribution in [1.82, 2.24) is 9.78 Å². The molecule has 0 fully saturated rings. The van der Waals surface area contributed by atoms with Crippen molar-refractivity contribution < 1.29 is 27.5 Å². The summed E-state index contributed by atoms with van der Waals surface area (Å²) in [5, 5.41) is 7.49. The van der Waals surface area contributed by atoms with E-state index in [1.165, 1.54) is 25.1 Å². The van der Waals surface area contributed by atoms with Crippen molar-refractivity contribution >= 4 is 35.2 Å². The molecule has 0 saturated carbocycles. The van der Waals surface area contributed by atoms with Gasteiger partial charge in [0, 0.05) is 34.1 Å². The molecule has 194 valence electrons. The van der Waals surface area contributed by atoms with Gasteiger partial charge in [0.05, 0.1) is 11.3 Å². The van der Waals surface area contributed by atoms with Crippen molar-refractivity contribution in [2.45, 2.75) is 19.2 Å². The molecule has 0 spiro atoms. The molecule has 10 heteroatoms. The molecule has 0 aliphatic rings. The van der Waals surface area contributed by atoms with Crippen LogP contribution in [0.5, 0.6) is 0 Å². The normalized spacial score (nSPS) is 12.3. The Balaban J connectivity index is 1.49. The van der Waals surface area contributed by atoms with Gasteiger partial charge in [0.2, 0.25) is 0 Å². The van der Waals surface area contributed by atoms with E-state index >= 15 is 0 Å². The van der Waals surface area contributed by atoms with Gasteiger partial charge in [-0.05, 0) is 55.5 Å². The van der Waals surface area contributed by atoms with Crippen molar-refractivity contribution in [1.29, 1.82) is 0 Å². The fourth-order valence-corrected chi connectivity index (χ4v) is 3.71. The van der Waals surface area contributed by atoms with Gasteiger partial charge >= 0.3 is 12.1 Å². The average Bonchev–Trinajstić information content (AvgIpc) is 3.32. The molecule has 0 bridgehead atoms. The fraction of sp³-hybridized carbons (Fsp3) is 0.107. The summed E-state index contributed by atoms with van der Waals surface area (Å²) in [7, 11) is 0. The molecule has 0 radical (unpaired) electrons. The second kappa shape index (κ2) is 11.4. The quantitative estimate of drug-likeness (QED) is 0.207. The van der Waals surface area contributed by atoms with Crippen LogP contribution in [0.4, 0.5) is 18.9 Å². The molecule has 1 atom stereocenters. The number of rotatable bonds is 7. The number of nitrogens with zero attached hydrogens (tertiary/aromatic N) is 2. The number of carbonyl (C=O) groups excluding carboxylic acids is 2. The second-order valence-electron chi connectivity index (χ2n) is 8.20. The van der Waals surface area contributed by atoms with E-state index in [2.05, 4.69) is 10.4 Å². The summed E-state index contributed by atoms with van der Waals surface area (Å²) in [6.07, 6.45) is -1.43. The lowest BCUT2D eigenvalue weighted by Gasteiger charge is -2.13. The van der Waals surface area contributed by atoms with Crippen LogP contribution in [0.1, 0.15) is 18.1 Å². The molecular weight excluding hydrogens is 519 g/mol. The Morgan fingerprint density at radius 2 is 1.76 bits per heavy atom. The molecular formula is C28H21ClF3N3O3. The third-order valence-corrected chi connectivity index (χ3v) is 5.61. The second-order valence-corrected chi connectivity index (χ2v) is 8.64. The molecule has 4 aromatic rings. The predicted molar refractivity (Wildman–Crippen MR) is 139 cm³/mol. The number of esters is 1. The van der Waals surface area contributed by atoms with Crippen molar-refractivity contribution in [2.24, 2.45) is 0 Å². The molecule has 6 nitrogen and oxygen atoms in total. The summed E-state index contributed by atoms with van der Waals surface area (Å²) < 4.78 is 45.5. The summed E-state index contributed by atoms with van der Waals surface area (Å²) in [6.45, 7) is 1.32. The van der Waals surface area contributed by atoms with E-state index in [4.69, 9.17) is 16.3 Å². The van der Waals surface area contributed by atoms with E-state index in [9.17, 15) is 22.8 Å². The Bertz CT molecular complexity index is 1480. The number of para-hydroxylation sites is 1. The number of ether oxygens (including phenoxy) is 1. The van der Waals surface area contributed by atoms with Crippen LogP contribution < -0.4 is 5.32 Å². The van der Waals surface area contributed by atoms with E-state index < -0.39 is 29.7 Å². The first-order valence-corrected chi connectivity index (χ1v) is 11.8. The number of nitrogens with one attached hydrogen (secondary N) is 1. The van der Waals surface area contributed by atoms with E-state index in [0.717, 1.165) is 29.5 Å². The van der Waals surface area contributed by atoms with Crippen LogP contribution in [0, 0.1) is 0 Å². The summed E-state index contributed by atoms with van der Waals surface area (Å²) in [5.74, 6) is -1.59. The lowest BCUT2D eigenvalue weighted by Crippen LogP contribution is -2.29. The number of aromatic nitrogens is 2. The van der Waals surface area contributed by atoms with E-state index in [1.807, 2.05) is 36.4 Å². The van der Waals surface area contributed by atoms with Gasteiger partial charge in [0.1, 0.15) is 5.69 Å². The summed E-state index contributed by atoms with van der Waals surface area (Å²) in [5.41, 5.74) is 1.72. The lowest BCUT2D eigenvalue weighted by molar-refractivity contribution is -0.148. The molecule has 0 aliphatic carbocycles. The molecule has 1 heterocycles. The van der Waals surface area contributed by atoms with Crippen LogP contribution >= 0.6 is 11.6 Å². The zero-order chi connectivity index (χ0) is 27.3. The molecule has 1 amide bonds. The smallest absolute Gasteiger partial charge is 0.416 e. The largest absolute Gasteiger partial charge is 0.449 e. The molecule has 1 unspecified atom stereocenters. The molecule has 4 rings (SSSR count). The Hall–Kier alpha value is -4.37. The van der Waals surface area contributed by atoms with Gasteiger partial charge in [-0.2, -0.15) is 18.3 Å².